The van der Waals surface area contributed by atoms with E-state index < -0.39 is 0 Å². The first-order chi connectivity index (χ1) is 16.6. The number of fused-ring (bicyclic) bond motifs is 1. The van der Waals surface area contributed by atoms with Crippen molar-refractivity contribution in [2.24, 2.45) is 0 Å². The highest BCUT2D eigenvalue weighted by Crippen LogP contribution is 2.33. The molecule has 0 aliphatic carbocycles. The Morgan fingerprint density at radius 2 is 1.65 bits per heavy atom. The quantitative estimate of drug-likeness (QED) is 0.521. The summed E-state index contributed by atoms with van der Waals surface area (Å²) in [5.41, 5.74) is 2.87. The summed E-state index contributed by atoms with van der Waals surface area (Å²) in [6, 6.07) is 11.2. The van der Waals surface area contributed by atoms with Crippen molar-refractivity contribution in [3.8, 4) is 0 Å². The molecule has 5 rings (SSSR count). The molecular formula is C27H32F2N4O. The average molecular weight is 467 g/mol. The van der Waals surface area contributed by atoms with Gasteiger partial charge in [0.05, 0.1) is 0 Å². The fourth-order valence-corrected chi connectivity index (χ4v) is 5.38. The predicted octanol–water partition coefficient (Wildman–Crippen LogP) is 5.74. The maximum Gasteiger partial charge on any atom is 0.324 e. The number of aromatic nitrogens is 1. The van der Waals surface area contributed by atoms with E-state index in [1.54, 1.807) is 18.2 Å². The van der Waals surface area contributed by atoms with Crippen LogP contribution < -0.4 is 4.90 Å². The first-order valence-corrected chi connectivity index (χ1v) is 12.4. The van der Waals surface area contributed by atoms with E-state index in [0.29, 0.717) is 12.5 Å². The van der Waals surface area contributed by atoms with Crippen molar-refractivity contribution in [2.45, 2.75) is 38.0 Å². The van der Waals surface area contributed by atoms with E-state index in [4.69, 9.17) is 0 Å². The van der Waals surface area contributed by atoms with Crippen LogP contribution in [-0.2, 0) is 0 Å². The SMILES string of the molecule is O=C(N1CCCCC1)N(CCN1CCC(c2c[nH]c3cc(F)ccc23)CC1)c1ccc(F)cc1. The van der Waals surface area contributed by atoms with Gasteiger partial charge in [0.25, 0.3) is 0 Å². The lowest BCUT2D eigenvalue weighted by Crippen LogP contribution is -2.48. The maximum atomic E-state index is 13.5. The molecule has 34 heavy (non-hydrogen) atoms. The van der Waals surface area contributed by atoms with Crippen LogP contribution in [0.2, 0.25) is 0 Å². The minimum atomic E-state index is -0.295. The normalized spacial score (nSPS) is 17.9. The van der Waals surface area contributed by atoms with E-state index in [9.17, 15) is 13.6 Å². The topological polar surface area (TPSA) is 42.6 Å². The van der Waals surface area contributed by atoms with Crippen molar-refractivity contribution >= 4 is 22.6 Å². The first-order valence-electron chi connectivity index (χ1n) is 12.4. The monoisotopic (exact) mass is 466 g/mol. The van der Waals surface area contributed by atoms with Crippen molar-refractivity contribution in [1.82, 2.24) is 14.8 Å². The summed E-state index contributed by atoms with van der Waals surface area (Å²) in [7, 11) is 0. The number of hydrogen-bond acceptors (Lipinski definition) is 2. The summed E-state index contributed by atoms with van der Waals surface area (Å²) in [5.74, 6) is -0.0737. The number of piperidine rings is 2. The number of rotatable bonds is 5. The van der Waals surface area contributed by atoms with Crippen molar-refractivity contribution in [2.75, 3.05) is 44.2 Å². The molecule has 3 heterocycles. The van der Waals surface area contributed by atoms with Crippen LogP contribution in [-0.4, -0.2) is 60.1 Å². The van der Waals surface area contributed by atoms with Crippen molar-refractivity contribution in [3.63, 3.8) is 0 Å². The van der Waals surface area contributed by atoms with Crippen LogP contribution in [0, 0.1) is 11.6 Å². The smallest absolute Gasteiger partial charge is 0.324 e. The Kier molecular flexibility index (Phi) is 6.81. The van der Waals surface area contributed by atoms with E-state index in [1.165, 1.54) is 30.2 Å². The predicted molar refractivity (Wildman–Crippen MR) is 131 cm³/mol. The molecule has 0 unspecified atom stereocenters. The number of likely N-dealkylation sites (tertiary alicyclic amines) is 2. The van der Waals surface area contributed by atoms with Crippen molar-refractivity contribution < 1.29 is 13.6 Å². The lowest BCUT2D eigenvalue weighted by Gasteiger charge is -2.36. The molecular weight excluding hydrogens is 434 g/mol. The largest absolute Gasteiger partial charge is 0.361 e. The Hall–Kier alpha value is -2.93. The Bertz CT molecular complexity index is 1120. The van der Waals surface area contributed by atoms with E-state index >= 15 is 0 Å². The lowest BCUT2D eigenvalue weighted by atomic mass is 9.89. The van der Waals surface area contributed by atoms with Gasteiger partial charge in [-0.3, -0.25) is 4.90 Å². The molecule has 3 aromatic rings. The molecule has 2 aliphatic rings. The molecule has 0 radical (unpaired) electrons. The van der Waals surface area contributed by atoms with Crippen molar-refractivity contribution in [1.29, 1.82) is 0 Å². The van der Waals surface area contributed by atoms with Crippen LogP contribution in [0.25, 0.3) is 10.9 Å². The standard InChI is InChI=1S/C27H32F2N4O/c28-21-4-7-23(8-5-21)33(27(34)32-12-2-1-3-13-32)17-16-31-14-10-20(11-15-31)25-19-30-26-18-22(29)6-9-24(25)26/h4-9,18-20,30H,1-3,10-17H2. The number of carbonyl (C=O) groups is 1. The molecule has 0 spiro atoms. The zero-order valence-electron chi connectivity index (χ0n) is 19.5. The van der Waals surface area contributed by atoms with Gasteiger partial charge in [-0.2, -0.15) is 0 Å². The van der Waals surface area contributed by atoms with Gasteiger partial charge in [-0.05, 0) is 99.1 Å². The van der Waals surface area contributed by atoms with Crippen LogP contribution in [0.15, 0.2) is 48.7 Å². The Labute approximate surface area is 199 Å². The van der Waals surface area contributed by atoms with Gasteiger partial charge in [0.15, 0.2) is 0 Å². The Morgan fingerprint density at radius 1 is 0.941 bits per heavy atom. The number of hydrogen-bond donors (Lipinski definition) is 1. The van der Waals surface area contributed by atoms with Gasteiger partial charge in [0.2, 0.25) is 0 Å². The summed E-state index contributed by atoms with van der Waals surface area (Å²) in [6.07, 6.45) is 7.33. The van der Waals surface area contributed by atoms with E-state index in [0.717, 1.165) is 75.0 Å². The number of amides is 2. The van der Waals surface area contributed by atoms with E-state index in [2.05, 4.69) is 9.88 Å². The number of urea groups is 1. The van der Waals surface area contributed by atoms with Crippen LogP contribution in [0.4, 0.5) is 19.3 Å². The number of carbonyl (C=O) groups excluding carboxylic acids is 1. The summed E-state index contributed by atoms with van der Waals surface area (Å²) in [6.45, 7) is 4.84. The molecule has 2 amide bonds. The van der Waals surface area contributed by atoms with Gasteiger partial charge in [-0.15, -0.1) is 0 Å². The van der Waals surface area contributed by atoms with Gasteiger partial charge in [0, 0.05) is 49.0 Å². The average Bonchev–Trinajstić information content (AvgIpc) is 3.29. The molecule has 2 saturated heterocycles. The van der Waals surface area contributed by atoms with Gasteiger partial charge < -0.3 is 14.8 Å². The highest BCUT2D eigenvalue weighted by molar-refractivity contribution is 5.92. The Balaban J connectivity index is 1.22. The van der Waals surface area contributed by atoms with Crippen LogP contribution in [0.5, 0.6) is 0 Å². The number of nitrogens with zero attached hydrogens (tertiary/aromatic N) is 3. The third-order valence-electron chi connectivity index (χ3n) is 7.34. The third-order valence-corrected chi connectivity index (χ3v) is 7.34. The second-order valence-electron chi connectivity index (χ2n) is 9.51. The highest BCUT2D eigenvalue weighted by atomic mass is 19.1. The summed E-state index contributed by atoms with van der Waals surface area (Å²) < 4.78 is 27.0. The number of halogens is 2. The second kappa shape index (κ2) is 10.1. The molecule has 1 N–H and O–H groups in total. The summed E-state index contributed by atoms with van der Waals surface area (Å²) in [5, 5.41) is 1.11. The minimum absolute atomic E-state index is 0.0206. The third kappa shape index (κ3) is 4.94. The molecule has 0 bridgehead atoms. The number of H-pyrrole nitrogens is 1. The number of nitrogens with one attached hydrogen (secondary N) is 1. The Morgan fingerprint density at radius 3 is 2.38 bits per heavy atom. The fraction of sp³-hybridized carbons (Fsp3) is 0.444. The zero-order valence-corrected chi connectivity index (χ0v) is 19.5. The van der Waals surface area contributed by atoms with Crippen LogP contribution in [0.1, 0.15) is 43.6 Å². The van der Waals surface area contributed by atoms with Crippen molar-refractivity contribution in [3.05, 3.63) is 65.9 Å². The van der Waals surface area contributed by atoms with E-state index in [1.807, 2.05) is 22.1 Å². The summed E-state index contributed by atoms with van der Waals surface area (Å²) in [4.78, 5) is 22.7. The van der Waals surface area contributed by atoms with Gasteiger partial charge in [-0.25, -0.2) is 13.6 Å². The van der Waals surface area contributed by atoms with Crippen LogP contribution in [0.3, 0.4) is 0 Å². The molecule has 5 nitrogen and oxygen atoms in total. The molecule has 0 atom stereocenters. The minimum Gasteiger partial charge on any atom is -0.361 e. The molecule has 180 valence electrons. The zero-order chi connectivity index (χ0) is 23.5. The molecule has 0 saturated carbocycles. The molecule has 7 heteroatoms. The first kappa shape index (κ1) is 22.8. The van der Waals surface area contributed by atoms with Gasteiger partial charge in [0.1, 0.15) is 11.6 Å². The number of aromatic amines is 1. The van der Waals surface area contributed by atoms with Gasteiger partial charge >= 0.3 is 6.03 Å². The van der Waals surface area contributed by atoms with Gasteiger partial charge in [-0.1, -0.05) is 0 Å². The number of benzene rings is 2. The summed E-state index contributed by atoms with van der Waals surface area (Å²) >= 11 is 0. The number of anilines is 1. The molecule has 2 aromatic carbocycles. The fourth-order valence-electron chi connectivity index (χ4n) is 5.38. The lowest BCUT2D eigenvalue weighted by molar-refractivity contribution is 0.187. The molecule has 2 aliphatic heterocycles. The molecule has 2 fully saturated rings. The second-order valence-corrected chi connectivity index (χ2v) is 9.51. The highest BCUT2D eigenvalue weighted by Gasteiger charge is 2.27. The van der Waals surface area contributed by atoms with E-state index in [-0.39, 0.29) is 17.7 Å². The van der Waals surface area contributed by atoms with Crippen LogP contribution >= 0.6 is 0 Å². The maximum absolute atomic E-state index is 13.5. The molecule has 1 aromatic heterocycles.